The number of amides is 2. The van der Waals surface area contributed by atoms with Crippen molar-refractivity contribution < 1.29 is 27.9 Å². The number of anilines is 1. The molecule has 0 saturated carbocycles. The van der Waals surface area contributed by atoms with Crippen LogP contribution < -0.4 is 5.32 Å². The van der Waals surface area contributed by atoms with Crippen molar-refractivity contribution in [2.75, 3.05) is 18.4 Å². The number of phenols is 1. The molecule has 3 rings (SSSR count). The molecule has 0 aliphatic rings. The third kappa shape index (κ3) is 4.53. The van der Waals surface area contributed by atoms with E-state index < -0.39 is 30.1 Å². The summed E-state index contributed by atoms with van der Waals surface area (Å²) >= 11 is 0. The molecule has 0 atom stereocenters. The van der Waals surface area contributed by atoms with Gasteiger partial charge in [-0.3, -0.25) is 9.59 Å². The minimum atomic E-state index is -4.62. The van der Waals surface area contributed by atoms with Crippen LogP contribution in [0, 0.1) is 0 Å². The van der Waals surface area contributed by atoms with Crippen LogP contribution in [0.15, 0.2) is 60.7 Å². The molecule has 0 saturated heterocycles. The number of nitrogens with one attached hydrogen (secondary N) is 1. The topological polar surface area (TPSA) is 69.6 Å². The standard InChI is InChI=1S/C22H19F3N2O3/c1-2-27(13-20(29)26-18-10-6-5-9-17(18)22(23,24)25)21(30)16-11-14-7-3-4-8-15(14)12-19(16)28/h3-12,28H,2,13H2,1H3,(H,26,29). The number of nitrogens with zero attached hydrogens (tertiary/aromatic N) is 1. The highest BCUT2D eigenvalue weighted by molar-refractivity contribution is 6.03. The number of carbonyl (C=O) groups is 2. The van der Waals surface area contributed by atoms with E-state index in [0.29, 0.717) is 0 Å². The number of para-hydroxylation sites is 1. The third-order valence-corrected chi connectivity index (χ3v) is 4.60. The second-order valence-electron chi connectivity index (χ2n) is 6.63. The third-order valence-electron chi connectivity index (χ3n) is 4.60. The summed E-state index contributed by atoms with van der Waals surface area (Å²) in [7, 11) is 0. The highest BCUT2D eigenvalue weighted by Crippen LogP contribution is 2.34. The minimum Gasteiger partial charge on any atom is -0.507 e. The molecule has 2 amide bonds. The first kappa shape index (κ1) is 21.2. The van der Waals surface area contributed by atoms with Crippen molar-refractivity contribution in [3.63, 3.8) is 0 Å². The summed E-state index contributed by atoms with van der Waals surface area (Å²) in [5, 5.41) is 13.9. The fraction of sp³-hybridized carbons (Fsp3) is 0.182. The maximum atomic E-state index is 13.1. The van der Waals surface area contributed by atoms with Gasteiger partial charge in [0, 0.05) is 6.54 Å². The molecule has 30 heavy (non-hydrogen) atoms. The Balaban J connectivity index is 1.80. The number of likely N-dealkylation sites (N-methyl/N-ethyl adjacent to an activating group) is 1. The molecule has 0 aliphatic heterocycles. The molecule has 0 bridgehead atoms. The molecule has 3 aromatic rings. The van der Waals surface area contributed by atoms with E-state index in [9.17, 15) is 27.9 Å². The first-order chi connectivity index (χ1) is 14.2. The SMILES string of the molecule is CCN(CC(=O)Nc1ccccc1C(F)(F)F)C(=O)c1cc2ccccc2cc1O. The van der Waals surface area contributed by atoms with Crippen LogP contribution in [0.1, 0.15) is 22.8 Å². The van der Waals surface area contributed by atoms with Crippen LogP contribution in [0.5, 0.6) is 5.75 Å². The average Bonchev–Trinajstić information content (AvgIpc) is 2.70. The largest absolute Gasteiger partial charge is 0.507 e. The van der Waals surface area contributed by atoms with Crippen LogP contribution in [0.25, 0.3) is 10.8 Å². The van der Waals surface area contributed by atoms with Crippen LogP contribution in [-0.2, 0) is 11.0 Å². The highest BCUT2D eigenvalue weighted by Gasteiger charge is 2.33. The molecule has 156 valence electrons. The Morgan fingerprint density at radius 1 is 1.00 bits per heavy atom. The van der Waals surface area contributed by atoms with Gasteiger partial charge in [0.2, 0.25) is 5.91 Å². The second kappa shape index (κ2) is 8.44. The number of fused-ring (bicyclic) bond motifs is 1. The maximum Gasteiger partial charge on any atom is 0.418 e. The summed E-state index contributed by atoms with van der Waals surface area (Å²) in [6.45, 7) is 1.29. The Morgan fingerprint density at radius 2 is 1.60 bits per heavy atom. The van der Waals surface area contributed by atoms with Gasteiger partial charge in [-0.2, -0.15) is 13.2 Å². The summed E-state index contributed by atoms with van der Waals surface area (Å²) in [6.07, 6.45) is -4.62. The Hall–Kier alpha value is -3.55. The number of hydrogen-bond donors (Lipinski definition) is 2. The number of hydrogen-bond acceptors (Lipinski definition) is 3. The first-order valence-corrected chi connectivity index (χ1v) is 9.17. The average molecular weight is 416 g/mol. The van der Waals surface area contributed by atoms with Gasteiger partial charge in [-0.05, 0) is 42.0 Å². The Morgan fingerprint density at radius 3 is 2.23 bits per heavy atom. The summed E-state index contributed by atoms with van der Waals surface area (Å²) in [5.74, 6) is -1.61. The molecule has 0 fully saturated rings. The Labute approximate surface area is 170 Å². The lowest BCUT2D eigenvalue weighted by Gasteiger charge is -2.22. The predicted octanol–water partition coefficient (Wildman–Crippen LogP) is 4.67. The molecule has 0 aliphatic carbocycles. The minimum absolute atomic E-state index is 0.0130. The first-order valence-electron chi connectivity index (χ1n) is 9.17. The molecular weight excluding hydrogens is 397 g/mol. The molecule has 5 nitrogen and oxygen atoms in total. The van der Waals surface area contributed by atoms with Gasteiger partial charge >= 0.3 is 6.18 Å². The quantitative estimate of drug-likeness (QED) is 0.635. The van der Waals surface area contributed by atoms with E-state index >= 15 is 0 Å². The van der Waals surface area contributed by atoms with Gasteiger partial charge < -0.3 is 15.3 Å². The highest BCUT2D eigenvalue weighted by atomic mass is 19.4. The normalized spacial score (nSPS) is 11.3. The van der Waals surface area contributed by atoms with E-state index in [0.717, 1.165) is 27.8 Å². The van der Waals surface area contributed by atoms with Gasteiger partial charge in [0.25, 0.3) is 5.91 Å². The lowest BCUT2D eigenvalue weighted by molar-refractivity contribution is -0.137. The van der Waals surface area contributed by atoms with E-state index in [-0.39, 0.29) is 23.5 Å². The Bertz CT molecular complexity index is 1100. The van der Waals surface area contributed by atoms with E-state index in [1.807, 2.05) is 0 Å². The van der Waals surface area contributed by atoms with Gasteiger partial charge in [-0.25, -0.2) is 0 Å². The molecule has 0 unspecified atom stereocenters. The van der Waals surface area contributed by atoms with Crippen molar-refractivity contribution in [1.82, 2.24) is 4.90 Å². The van der Waals surface area contributed by atoms with E-state index in [1.54, 1.807) is 31.2 Å². The lowest BCUT2D eigenvalue weighted by Crippen LogP contribution is -2.38. The van der Waals surface area contributed by atoms with Crippen molar-refractivity contribution in [2.24, 2.45) is 0 Å². The summed E-state index contributed by atoms with van der Waals surface area (Å²) in [5.41, 5.74) is -1.34. The number of rotatable bonds is 5. The maximum absolute atomic E-state index is 13.1. The molecule has 3 aromatic carbocycles. The molecule has 0 spiro atoms. The lowest BCUT2D eigenvalue weighted by atomic mass is 10.0. The number of aromatic hydroxyl groups is 1. The monoisotopic (exact) mass is 416 g/mol. The molecule has 8 heteroatoms. The fourth-order valence-electron chi connectivity index (χ4n) is 3.10. The number of carbonyl (C=O) groups excluding carboxylic acids is 2. The number of alkyl halides is 3. The molecule has 2 N–H and O–H groups in total. The van der Waals surface area contributed by atoms with Crippen molar-refractivity contribution in [2.45, 2.75) is 13.1 Å². The number of phenolic OH excluding ortho intramolecular Hbond substituents is 1. The van der Waals surface area contributed by atoms with Crippen LogP contribution in [0.3, 0.4) is 0 Å². The smallest absolute Gasteiger partial charge is 0.418 e. The van der Waals surface area contributed by atoms with Crippen LogP contribution in [0.2, 0.25) is 0 Å². The zero-order chi connectivity index (χ0) is 21.9. The van der Waals surface area contributed by atoms with Crippen LogP contribution in [0.4, 0.5) is 18.9 Å². The molecular formula is C22H19F3N2O3. The fourth-order valence-corrected chi connectivity index (χ4v) is 3.10. The van der Waals surface area contributed by atoms with E-state index in [1.165, 1.54) is 24.3 Å². The molecule has 0 aromatic heterocycles. The van der Waals surface area contributed by atoms with Gasteiger partial charge in [0.05, 0.1) is 16.8 Å². The summed E-state index contributed by atoms with van der Waals surface area (Å²) in [4.78, 5) is 26.4. The van der Waals surface area contributed by atoms with E-state index in [2.05, 4.69) is 5.32 Å². The van der Waals surface area contributed by atoms with Crippen molar-refractivity contribution in [3.05, 3.63) is 71.8 Å². The van der Waals surface area contributed by atoms with Crippen molar-refractivity contribution in [1.29, 1.82) is 0 Å². The number of benzene rings is 3. The zero-order valence-corrected chi connectivity index (χ0v) is 16.0. The van der Waals surface area contributed by atoms with Crippen LogP contribution >= 0.6 is 0 Å². The zero-order valence-electron chi connectivity index (χ0n) is 16.0. The van der Waals surface area contributed by atoms with Gasteiger partial charge in [-0.1, -0.05) is 36.4 Å². The Kier molecular flexibility index (Phi) is 5.96. The number of halogens is 3. The van der Waals surface area contributed by atoms with Gasteiger partial charge in [0.1, 0.15) is 12.3 Å². The van der Waals surface area contributed by atoms with Crippen molar-refractivity contribution >= 4 is 28.3 Å². The van der Waals surface area contributed by atoms with Crippen molar-refractivity contribution in [3.8, 4) is 5.75 Å². The second-order valence-corrected chi connectivity index (χ2v) is 6.63. The molecule has 0 heterocycles. The van der Waals surface area contributed by atoms with Crippen LogP contribution in [-0.4, -0.2) is 34.9 Å². The summed E-state index contributed by atoms with van der Waals surface area (Å²) < 4.78 is 39.3. The van der Waals surface area contributed by atoms with Gasteiger partial charge in [-0.15, -0.1) is 0 Å². The predicted molar refractivity (Wildman–Crippen MR) is 107 cm³/mol. The molecule has 0 radical (unpaired) electrons. The summed E-state index contributed by atoms with van der Waals surface area (Å²) in [6, 6.07) is 14.7. The van der Waals surface area contributed by atoms with E-state index in [4.69, 9.17) is 0 Å². The van der Waals surface area contributed by atoms with Gasteiger partial charge in [0.15, 0.2) is 0 Å².